The molecule has 0 saturated heterocycles. The Bertz CT molecular complexity index is 462. The normalized spacial score (nSPS) is 21.9. The van der Waals surface area contributed by atoms with Crippen molar-refractivity contribution in [2.75, 3.05) is 6.54 Å². The van der Waals surface area contributed by atoms with E-state index in [-0.39, 0.29) is 18.3 Å². The lowest BCUT2D eigenvalue weighted by molar-refractivity contribution is 0.0941. The van der Waals surface area contributed by atoms with Crippen LogP contribution in [0.15, 0.2) is 18.2 Å². The Morgan fingerprint density at radius 3 is 2.80 bits per heavy atom. The number of nitrogens with two attached hydrogens (primary N) is 1. The smallest absolute Gasteiger partial charge is 0.251 e. The summed E-state index contributed by atoms with van der Waals surface area (Å²) in [5.41, 5.74) is 9.00. The zero-order valence-corrected chi connectivity index (χ0v) is 13.1. The van der Waals surface area contributed by atoms with Crippen molar-refractivity contribution in [3.63, 3.8) is 0 Å². The van der Waals surface area contributed by atoms with Crippen molar-refractivity contribution < 1.29 is 4.79 Å². The Balaban J connectivity index is 0.00000200. The van der Waals surface area contributed by atoms with Crippen molar-refractivity contribution in [1.82, 2.24) is 5.32 Å². The van der Waals surface area contributed by atoms with Gasteiger partial charge in [-0.3, -0.25) is 4.79 Å². The second-order valence-electron chi connectivity index (χ2n) is 5.75. The maximum absolute atomic E-state index is 12.2. The maximum atomic E-state index is 12.2. The van der Waals surface area contributed by atoms with Crippen molar-refractivity contribution in [3.05, 3.63) is 34.9 Å². The number of nitrogens with one attached hydrogen (secondary N) is 1. The molecule has 3 nitrogen and oxygen atoms in total. The largest absolute Gasteiger partial charge is 0.352 e. The zero-order chi connectivity index (χ0) is 13.8. The van der Waals surface area contributed by atoms with Gasteiger partial charge in [-0.1, -0.05) is 18.6 Å². The third-order valence-electron chi connectivity index (χ3n) is 4.22. The van der Waals surface area contributed by atoms with Gasteiger partial charge in [-0.2, -0.15) is 0 Å². The molecule has 1 aromatic rings. The summed E-state index contributed by atoms with van der Waals surface area (Å²) in [6.45, 7) is 4.78. The van der Waals surface area contributed by atoms with E-state index in [4.69, 9.17) is 5.73 Å². The average Bonchev–Trinajstić information content (AvgIpc) is 2.39. The van der Waals surface area contributed by atoms with Crippen molar-refractivity contribution in [2.45, 2.75) is 45.6 Å². The van der Waals surface area contributed by atoms with E-state index in [1.807, 2.05) is 32.0 Å². The molecule has 1 saturated carbocycles. The van der Waals surface area contributed by atoms with Crippen LogP contribution in [0.1, 0.15) is 47.2 Å². The second-order valence-corrected chi connectivity index (χ2v) is 5.75. The van der Waals surface area contributed by atoms with Crippen LogP contribution in [0.3, 0.4) is 0 Å². The van der Waals surface area contributed by atoms with Crippen LogP contribution in [-0.4, -0.2) is 18.5 Å². The van der Waals surface area contributed by atoms with Gasteiger partial charge in [0.25, 0.3) is 5.91 Å². The fraction of sp³-hybridized carbons (Fsp3) is 0.562. The molecule has 1 aliphatic carbocycles. The van der Waals surface area contributed by atoms with Gasteiger partial charge in [-0.15, -0.1) is 12.4 Å². The first kappa shape index (κ1) is 17.0. The van der Waals surface area contributed by atoms with Crippen molar-refractivity contribution in [2.24, 2.45) is 11.7 Å². The van der Waals surface area contributed by atoms with E-state index in [2.05, 4.69) is 5.32 Å². The molecule has 1 fully saturated rings. The molecule has 1 aromatic carbocycles. The van der Waals surface area contributed by atoms with Crippen LogP contribution in [0.25, 0.3) is 0 Å². The Morgan fingerprint density at radius 2 is 2.10 bits per heavy atom. The standard InChI is InChI=1S/C16H24N2O.ClH/c1-11-5-3-8-15(12(11)2)16(19)18-10-13-6-4-7-14(17)9-13;/h3,5,8,13-14H,4,6-7,9-10,17H2,1-2H3,(H,18,19);1H. The fourth-order valence-corrected chi connectivity index (χ4v) is 2.85. The van der Waals surface area contributed by atoms with Gasteiger partial charge in [0.2, 0.25) is 0 Å². The number of carbonyl (C=O) groups is 1. The summed E-state index contributed by atoms with van der Waals surface area (Å²) in [6, 6.07) is 6.18. The van der Waals surface area contributed by atoms with Crippen LogP contribution in [0.5, 0.6) is 0 Å². The Morgan fingerprint density at radius 1 is 1.35 bits per heavy atom. The number of rotatable bonds is 3. The molecule has 1 amide bonds. The monoisotopic (exact) mass is 296 g/mol. The lowest BCUT2D eigenvalue weighted by Crippen LogP contribution is -2.35. The number of hydrogen-bond donors (Lipinski definition) is 2. The number of halogens is 1. The van der Waals surface area contributed by atoms with Crippen LogP contribution in [0.4, 0.5) is 0 Å². The van der Waals surface area contributed by atoms with Crippen molar-refractivity contribution in [3.8, 4) is 0 Å². The van der Waals surface area contributed by atoms with Crippen LogP contribution in [0.2, 0.25) is 0 Å². The van der Waals surface area contributed by atoms with Crippen LogP contribution in [0, 0.1) is 19.8 Å². The molecule has 3 N–H and O–H groups in total. The van der Waals surface area contributed by atoms with Gasteiger partial charge >= 0.3 is 0 Å². The third-order valence-corrected chi connectivity index (χ3v) is 4.22. The van der Waals surface area contributed by atoms with Gasteiger partial charge in [0, 0.05) is 18.2 Å². The van der Waals surface area contributed by atoms with Crippen LogP contribution >= 0.6 is 12.4 Å². The molecule has 2 atom stereocenters. The minimum Gasteiger partial charge on any atom is -0.352 e. The lowest BCUT2D eigenvalue weighted by Gasteiger charge is -2.26. The van der Waals surface area contributed by atoms with Gasteiger partial charge in [-0.05, 0) is 56.2 Å². The van der Waals surface area contributed by atoms with E-state index in [0.717, 1.165) is 36.1 Å². The number of benzene rings is 1. The highest BCUT2D eigenvalue weighted by molar-refractivity contribution is 5.95. The van der Waals surface area contributed by atoms with Crippen LogP contribution < -0.4 is 11.1 Å². The molecule has 0 aliphatic heterocycles. The highest BCUT2D eigenvalue weighted by Gasteiger charge is 2.20. The molecule has 1 aliphatic rings. The summed E-state index contributed by atoms with van der Waals surface area (Å²) in [7, 11) is 0. The first-order chi connectivity index (χ1) is 9.08. The molecule has 4 heteroatoms. The molecule has 0 aromatic heterocycles. The molecule has 2 rings (SSSR count). The molecule has 0 radical (unpaired) electrons. The lowest BCUT2D eigenvalue weighted by atomic mass is 9.86. The van der Waals surface area contributed by atoms with E-state index >= 15 is 0 Å². The summed E-state index contributed by atoms with van der Waals surface area (Å²) in [4.78, 5) is 12.2. The van der Waals surface area contributed by atoms with Gasteiger partial charge in [0.05, 0.1) is 0 Å². The topological polar surface area (TPSA) is 55.1 Å². The van der Waals surface area contributed by atoms with Gasteiger partial charge in [-0.25, -0.2) is 0 Å². The Hall–Kier alpha value is -1.06. The van der Waals surface area contributed by atoms with Gasteiger partial charge in [0.15, 0.2) is 0 Å². The molecular weight excluding hydrogens is 272 g/mol. The summed E-state index contributed by atoms with van der Waals surface area (Å²) in [5, 5.41) is 3.06. The van der Waals surface area contributed by atoms with Gasteiger partial charge in [0.1, 0.15) is 0 Å². The summed E-state index contributed by atoms with van der Waals surface area (Å²) in [6.07, 6.45) is 4.53. The first-order valence-corrected chi connectivity index (χ1v) is 7.18. The molecule has 20 heavy (non-hydrogen) atoms. The minimum absolute atomic E-state index is 0. The number of carbonyl (C=O) groups excluding carboxylic acids is 1. The van der Waals surface area contributed by atoms with E-state index in [1.165, 1.54) is 12.8 Å². The van der Waals surface area contributed by atoms with E-state index < -0.39 is 0 Å². The second kappa shape index (κ2) is 7.65. The number of hydrogen-bond acceptors (Lipinski definition) is 2. The fourth-order valence-electron chi connectivity index (χ4n) is 2.85. The molecule has 112 valence electrons. The minimum atomic E-state index is 0. The summed E-state index contributed by atoms with van der Waals surface area (Å²) >= 11 is 0. The predicted octanol–water partition coefficient (Wildman–Crippen LogP) is 2.97. The third kappa shape index (κ3) is 4.22. The van der Waals surface area contributed by atoms with E-state index in [9.17, 15) is 4.79 Å². The van der Waals surface area contributed by atoms with Crippen LogP contribution in [-0.2, 0) is 0 Å². The van der Waals surface area contributed by atoms with E-state index in [1.54, 1.807) is 0 Å². The van der Waals surface area contributed by atoms with Gasteiger partial charge < -0.3 is 11.1 Å². The predicted molar refractivity (Wildman–Crippen MR) is 85.4 cm³/mol. The average molecular weight is 297 g/mol. The van der Waals surface area contributed by atoms with Crippen molar-refractivity contribution >= 4 is 18.3 Å². The highest BCUT2D eigenvalue weighted by Crippen LogP contribution is 2.22. The SMILES string of the molecule is Cc1cccc(C(=O)NCC2CCCC(N)C2)c1C.Cl. The Kier molecular flexibility index (Phi) is 6.50. The molecule has 2 unspecified atom stereocenters. The molecule has 0 bridgehead atoms. The molecule has 0 spiro atoms. The maximum Gasteiger partial charge on any atom is 0.251 e. The summed E-state index contributed by atoms with van der Waals surface area (Å²) < 4.78 is 0. The molecule has 0 heterocycles. The first-order valence-electron chi connectivity index (χ1n) is 7.18. The van der Waals surface area contributed by atoms with E-state index in [0.29, 0.717) is 12.0 Å². The number of aryl methyl sites for hydroxylation is 1. The number of amides is 1. The highest BCUT2D eigenvalue weighted by atomic mass is 35.5. The Labute approximate surface area is 127 Å². The zero-order valence-electron chi connectivity index (χ0n) is 12.3. The summed E-state index contributed by atoms with van der Waals surface area (Å²) in [5.74, 6) is 0.582. The van der Waals surface area contributed by atoms with Crippen molar-refractivity contribution in [1.29, 1.82) is 0 Å². The molecular formula is C16H25ClN2O. The quantitative estimate of drug-likeness (QED) is 0.901.